The summed E-state index contributed by atoms with van der Waals surface area (Å²) in [5, 5.41) is 0. The molecule has 0 bridgehead atoms. The fourth-order valence-electron chi connectivity index (χ4n) is 3.65. The molecule has 1 heterocycles. The first-order chi connectivity index (χ1) is 12.0. The van der Waals surface area contributed by atoms with Gasteiger partial charge < -0.3 is 9.64 Å². The lowest BCUT2D eigenvalue weighted by Crippen LogP contribution is -2.58. The summed E-state index contributed by atoms with van der Waals surface area (Å²) in [5.74, 6) is 0.0172. The second-order valence-corrected chi connectivity index (χ2v) is 7.06. The quantitative estimate of drug-likeness (QED) is 0.676. The minimum Gasteiger partial charge on any atom is -0.385 e. The van der Waals surface area contributed by atoms with Crippen LogP contribution in [0.2, 0.25) is 0 Å². The molecule has 2 unspecified atom stereocenters. The first-order valence-corrected chi connectivity index (χ1v) is 9.28. The molecule has 1 aromatic carbocycles. The van der Waals surface area contributed by atoms with Crippen LogP contribution in [0, 0.1) is 5.82 Å². The van der Waals surface area contributed by atoms with Crippen LogP contribution >= 0.6 is 0 Å². The molecule has 1 aliphatic heterocycles. The fourth-order valence-corrected chi connectivity index (χ4v) is 3.65. The van der Waals surface area contributed by atoms with Crippen LogP contribution in [0.15, 0.2) is 24.3 Å². The van der Waals surface area contributed by atoms with Gasteiger partial charge in [0.25, 0.3) is 0 Å². The van der Waals surface area contributed by atoms with Crippen LogP contribution in [0.5, 0.6) is 0 Å². The number of rotatable bonds is 8. The summed E-state index contributed by atoms with van der Waals surface area (Å²) in [5.41, 5.74) is 1.08. The Balaban J connectivity index is 1.75. The van der Waals surface area contributed by atoms with E-state index in [1.165, 1.54) is 12.1 Å². The smallest absolute Gasteiger partial charge is 0.222 e. The minimum absolute atomic E-state index is 0.217. The van der Waals surface area contributed by atoms with Crippen LogP contribution in [-0.4, -0.2) is 61.1 Å². The summed E-state index contributed by atoms with van der Waals surface area (Å²) in [6, 6.07) is 7.29. The van der Waals surface area contributed by atoms with Crippen LogP contribution < -0.4 is 0 Å². The molecule has 0 N–H and O–H groups in total. The van der Waals surface area contributed by atoms with Crippen molar-refractivity contribution in [2.45, 2.75) is 51.6 Å². The average molecular weight is 350 g/mol. The molecule has 0 spiro atoms. The van der Waals surface area contributed by atoms with Gasteiger partial charge in [-0.1, -0.05) is 12.1 Å². The second-order valence-electron chi connectivity index (χ2n) is 7.06. The Morgan fingerprint density at radius 3 is 2.40 bits per heavy atom. The Morgan fingerprint density at radius 2 is 1.80 bits per heavy atom. The molecule has 0 saturated carbocycles. The first-order valence-electron chi connectivity index (χ1n) is 9.28. The number of carbonyl (C=O) groups is 1. The molecule has 5 heteroatoms. The predicted molar refractivity (Wildman–Crippen MR) is 98.0 cm³/mol. The van der Waals surface area contributed by atoms with Crippen molar-refractivity contribution in [3.8, 4) is 0 Å². The number of carbonyl (C=O) groups excluding carboxylic acids is 1. The number of hydrogen-bond donors (Lipinski definition) is 0. The van der Waals surface area contributed by atoms with E-state index in [-0.39, 0.29) is 11.7 Å². The third-order valence-corrected chi connectivity index (χ3v) is 4.99. The minimum atomic E-state index is -0.217. The van der Waals surface area contributed by atoms with Gasteiger partial charge in [-0.05, 0) is 50.8 Å². The van der Waals surface area contributed by atoms with E-state index in [4.69, 9.17) is 4.74 Å². The van der Waals surface area contributed by atoms with E-state index in [0.717, 1.165) is 51.1 Å². The molecule has 1 amide bonds. The van der Waals surface area contributed by atoms with Gasteiger partial charge in [0.1, 0.15) is 5.82 Å². The third kappa shape index (κ3) is 6.08. The van der Waals surface area contributed by atoms with Gasteiger partial charge in [-0.3, -0.25) is 9.69 Å². The maximum atomic E-state index is 12.9. The fraction of sp³-hybridized carbons (Fsp3) is 0.650. The molecule has 0 aromatic heterocycles. The van der Waals surface area contributed by atoms with Crippen molar-refractivity contribution in [1.82, 2.24) is 9.80 Å². The lowest BCUT2D eigenvalue weighted by Gasteiger charge is -2.44. The van der Waals surface area contributed by atoms with E-state index in [1.807, 2.05) is 4.90 Å². The van der Waals surface area contributed by atoms with E-state index in [0.29, 0.717) is 18.5 Å². The van der Waals surface area contributed by atoms with Gasteiger partial charge in [-0.15, -0.1) is 0 Å². The number of benzene rings is 1. The van der Waals surface area contributed by atoms with Gasteiger partial charge in [0.15, 0.2) is 0 Å². The van der Waals surface area contributed by atoms with E-state index in [1.54, 1.807) is 19.2 Å². The monoisotopic (exact) mass is 350 g/mol. The van der Waals surface area contributed by atoms with Crippen molar-refractivity contribution in [3.63, 3.8) is 0 Å². The normalized spacial score (nSPS) is 21.5. The van der Waals surface area contributed by atoms with E-state index in [9.17, 15) is 9.18 Å². The topological polar surface area (TPSA) is 32.8 Å². The number of nitrogens with zero attached hydrogens (tertiary/aromatic N) is 2. The zero-order valence-electron chi connectivity index (χ0n) is 15.7. The lowest BCUT2D eigenvalue weighted by atomic mass is 10.0. The molecule has 4 nitrogen and oxygen atoms in total. The van der Waals surface area contributed by atoms with Crippen molar-refractivity contribution in [2.24, 2.45) is 0 Å². The molecule has 0 radical (unpaired) electrons. The van der Waals surface area contributed by atoms with Crippen molar-refractivity contribution in [2.75, 3.05) is 33.4 Å². The zero-order valence-corrected chi connectivity index (χ0v) is 15.7. The van der Waals surface area contributed by atoms with Gasteiger partial charge in [-0.25, -0.2) is 4.39 Å². The van der Waals surface area contributed by atoms with Gasteiger partial charge in [0.05, 0.1) is 0 Å². The average Bonchev–Trinajstić information content (AvgIpc) is 2.59. The van der Waals surface area contributed by atoms with Crippen molar-refractivity contribution in [1.29, 1.82) is 0 Å². The molecule has 140 valence electrons. The molecule has 1 fully saturated rings. The van der Waals surface area contributed by atoms with Crippen LogP contribution in [-0.2, 0) is 16.0 Å². The Kier molecular flexibility index (Phi) is 7.85. The Bertz CT molecular complexity index is 523. The standard InChI is InChI=1S/C20H31FN2O2/c1-16-14-22(15-17(2)23(16)12-5-13-25-3)20(24)7-4-6-18-8-10-19(21)11-9-18/h8-11,16-17H,4-7,12-15H2,1-3H3. The highest BCUT2D eigenvalue weighted by Crippen LogP contribution is 2.18. The summed E-state index contributed by atoms with van der Waals surface area (Å²) in [6.45, 7) is 7.78. The third-order valence-electron chi connectivity index (χ3n) is 4.99. The highest BCUT2D eigenvalue weighted by atomic mass is 19.1. The number of hydrogen-bond acceptors (Lipinski definition) is 3. The maximum Gasteiger partial charge on any atom is 0.222 e. The van der Waals surface area contributed by atoms with Gasteiger partial charge in [0, 0.05) is 51.9 Å². The summed E-state index contributed by atoms with van der Waals surface area (Å²) in [4.78, 5) is 17.0. The molecular formula is C20H31FN2O2. The van der Waals surface area contributed by atoms with Gasteiger partial charge in [-0.2, -0.15) is 0 Å². The molecular weight excluding hydrogens is 319 g/mol. The van der Waals surface area contributed by atoms with Crippen LogP contribution in [0.1, 0.15) is 38.7 Å². The molecule has 1 aliphatic rings. The zero-order chi connectivity index (χ0) is 18.2. The second kappa shape index (κ2) is 9.88. The van der Waals surface area contributed by atoms with Crippen LogP contribution in [0.3, 0.4) is 0 Å². The Morgan fingerprint density at radius 1 is 1.16 bits per heavy atom. The van der Waals surface area contributed by atoms with Crippen LogP contribution in [0.4, 0.5) is 4.39 Å². The van der Waals surface area contributed by atoms with E-state index < -0.39 is 0 Å². The molecule has 25 heavy (non-hydrogen) atoms. The maximum absolute atomic E-state index is 12.9. The Hall–Kier alpha value is -1.46. The predicted octanol–water partition coefficient (Wildman–Crippen LogP) is 3.11. The number of amides is 1. The van der Waals surface area contributed by atoms with Crippen LogP contribution in [0.25, 0.3) is 0 Å². The molecule has 2 rings (SSSR count). The number of piperazine rings is 1. The number of methoxy groups -OCH3 is 1. The SMILES string of the molecule is COCCCN1C(C)CN(C(=O)CCCc2ccc(F)cc2)CC1C. The van der Waals surface area contributed by atoms with E-state index >= 15 is 0 Å². The lowest BCUT2D eigenvalue weighted by molar-refractivity contribution is -0.135. The van der Waals surface area contributed by atoms with Gasteiger partial charge in [0.2, 0.25) is 5.91 Å². The number of ether oxygens (including phenoxy) is 1. The summed E-state index contributed by atoms with van der Waals surface area (Å²) in [6.07, 6.45) is 3.20. The summed E-state index contributed by atoms with van der Waals surface area (Å²) >= 11 is 0. The number of halogens is 1. The van der Waals surface area contributed by atoms with Gasteiger partial charge >= 0.3 is 0 Å². The largest absolute Gasteiger partial charge is 0.385 e. The molecule has 1 aromatic rings. The van der Waals surface area contributed by atoms with Crippen molar-refractivity contribution < 1.29 is 13.9 Å². The van der Waals surface area contributed by atoms with Crippen molar-refractivity contribution in [3.05, 3.63) is 35.6 Å². The van der Waals surface area contributed by atoms with Crippen molar-refractivity contribution >= 4 is 5.91 Å². The highest BCUT2D eigenvalue weighted by Gasteiger charge is 2.30. The van der Waals surface area contributed by atoms with E-state index in [2.05, 4.69) is 18.7 Å². The first kappa shape index (κ1) is 19.9. The summed E-state index contributed by atoms with van der Waals surface area (Å²) < 4.78 is 18.0. The summed E-state index contributed by atoms with van der Waals surface area (Å²) in [7, 11) is 1.73. The Labute approximate surface area is 150 Å². The molecule has 0 aliphatic carbocycles. The number of aryl methyl sites for hydroxylation is 1. The highest BCUT2D eigenvalue weighted by molar-refractivity contribution is 5.76. The molecule has 1 saturated heterocycles. The molecule has 2 atom stereocenters.